The summed E-state index contributed by atoms with van der Waals surface area (Å²) in [6.07, 6.45) is 1.55. The minimum absolute atomic E-state index is 0.430. The second-order valence-electron chi connectivity index (χ2n) is 2.41. The van der Waals surface area contributed by atoms with Crippen LogP contribution in [0.5, 0.6) is 0 Å². The molecule has 0 unspecified atom stereocenters. The number of rotatable bonds is 2. The third kappa shape index (κ3) is 2.40. The number of anilines is 1. The molecule has 13 heavy (non-hydrogen) atoms. The molecule has 1 heterocycles. The van der Waals surface area contributed by atoms with Gasteiger partial charge < -0.3 is 4.52 Å². The number of aryl methyl sites for hydroxylation is 1. The Hall–Kier alpha value is -1.14. The Kier molecular flexibility index (Phi) is 3.66. The van der Waals surface area contributed by atoms with Crippen molar-refractivity contribution in [1.82, 2.24) is 5.16 Å². The zero-order valence-corrected chi connectivity index (χ0v) is 8.40. The van der Waals surface area contributed by atoms with Gasteiger partial charge in [-0.1, -0.05) is 36.5 Å². The van der Waals surface area contributed by atoms with E-state index in [1.165, 1.54) is 0 Å². The predicted octanol–water partition coefficient (Wildman–Crippen LogP) is 2.67. The largest absolute Gasteiger partial charge is 0.336 e. The lowest BCUT2D eigenvalue weighted by molar-refractivity contribution is 0.427. The smallest absolute Gasteiger partial charge is 0.255 e. The van der Waals surface area contributed by atoms with Crippen LogP contribution in [-0.4, -0.2) is 5.16 Å². The summed E-state index contributed by atoms with van der Waals surface area (Å²) >= 11 is 5.92. The highest BCUT2D eigenvalue weighted by molar-refractivity contribution is 6.33. The molecule has 4 heteroatoms. The lowest BCUT2D eigenvalue weighted by Crippen LogP contribution is -1.86. The van der Waals surface area contributed by atoms with Crippen LogP contribution in [0.1, 0.15) is 26.0 Å². The third-order valence-corrected chi connectivity index (χ3v) is 1.87. The fraction of sp³-hybridized carbons (Fsp3) is 0.444. The van der Waals surface area contributed by atoms with E-state index < -0.39 is 0 Å². The second-order valence-corrected chi connectivity index (χ2v) is 2.78. The summed E-state index contributed by atoms with van der Waals surface area (Å²) in [6.45, 7) is 3.93. The highest BCUT2D eigenvalue weighted by Crippen LogP contribution is 2.25. The first kappa shape index (κ1) is 9.94. The molecule has 70 valence electrons. The topological polar surface area (TPSA) is 38.1 Å². The van der Waals surface area contributed by atoms with Crippen LogP contribution in [0, 0.1) is 12.0 Å². The molecule has 0 atom stereocenters. The molecule has 0 aliphatic heterocycles. The van der Waals surface area contributed by atoms with Gasteiger partial charge in [-0.2, -0.15) is 0 Å². The standard InChI is InChI=1S/C9H11ClN2O/c1-3-5-6-11-9-8(10)7(4-2)12-13-9/h11H,3-4H2,1-2H3. The first-order valence-electron chi connectivity index (χ1n) is 4.17. The van der Waals surface area contributed by atoms with Crippen LogP contribution in [0.15, 0.2) is 4.52 Å². The predicted molar refractivity (Wildman–Crippen MR) is 52.6 cm³/mol. The number of nitrogens with one attached hydrogen (secondary N) is 1. The molecule has 0 amide bonds. The fourth-order valence-corrected chi connectivity index (χ4v) is 1.05. The van der Waals surface area contributed by atoms with Crippen LogP contribution in [-0.2, 0) is 6.42 Å². The van der Waals surface area contributed by atoms with E-state index in [4.69, 9.17) is 16.1 Å². The van der Waals surface area contributed by atoms with Crippen molar-refractivity contribution in [2.45, 2.75) is 26.7 Å². The zero-order chi connectivity index (χ0) is 9.68. The minimum atomic E-state index is 0.430. The molecule has 0 spiro atoms. The van der Waals surface area contributed by atoms with E-state index in [1.807, 2.05) is 13.8 Å². The molecule has 1 aromatic rings. The van der Waals surface area contributed by atoms with Crippen molar-refractivity contribution in [3.05, 3.63) is 10.7 Å². The van der Waals surface area contributed by atoms with Crippen molar-refractivity contribution in [2.75, 3.05) is 5.32 Å². The van der Waals surface area contributed by atoms with Gasteiger partial charge in [0, 0.05) is 12.5 Å². The van der Waals surface area contributed by atoms with Crippen LogP contribution in [0.25, 0.3) is 0 Å². The average Bonchev–Trinajstić information content (AvgIpc) is 2.48. The Balaban J connectivity index is 2.72. The first-order valence-corrected chi connectivity index (χ1v) is 4.55. The van der Waals surface area contributed by atoms with Crippen molar-refractivity contribution in [3.8, 4) is 12.0 Å². The Morgan fingerprint density at radius 2 is 2.31 bits per heavy atom. The van der Waals surface area contributed by atoms with E-state index in [0.717, 1.165) is 18.5 Å². The molecule has 0 fully saturated rings. The van der Waals surface area contributed by atoms with Gasteiger partial charge in [0.15, 0.2) is 0 Å². The van der Waals surface area contributed by atoms with E-state index in [1.54, 1.807) is 0 Å². The van der Waals surface area contributed by atoms with Crippen LogP contribution in [0.3, 0.4) is 0 Å². The highest BCUT2D eigenvalue weighted by Gasteiger charge is 2.10. The number of hydrogen-bond donors (Lipinski definition) is 1. The molecule has 0 aliphatic carbocycles. The van der Waals surface area contributed by atoms with Gasteiger partial charge in [-0.15, -0.1) is 0 Å². The van der Waals surface area contributed by atoms with Gasteiger partial charge in [0.25, 0.3) is 5.88 Å². The molecule has 0 aromatic carbocycles. The first-order chi connectivity index (χ1) is 6.29. The van der Waals surface area contributed by atoms with E-state index in [9.17, 15) is 0 Å². The van der Waals surface area contributed by atoms with Gasteiger partial charge in [-0.3, -0.25) is 5.32 Å². The van der Waals surface area contributed by atoms with Crippen LogP contribution >= 0.6 is 11.6 Å². The summed E-state index contributed by atoms with van der Waals surface area (Å²) < 4.78 is 4.94. The van der Waals surface area contributed by atoms with E-state index in [-0.39, 0.29) is 0 Å². The summed E-state index contributed by atoms with van der Waals surface area (Å²) in [6, 6.07) is 2.71. The maximum Gasteiger partial charge on any atom is 0.255 e. The molecule has 0 radical (unpaired) electrons. The van der Waals surface area contributed by atoms with Gasteiger partial charge in [0.2, 0.25) is 0 Å². The monoisotopic (exact) mass is 198 g/mol. The van der Waals surface area contributed by atoms with Crippen molar-refractivity contribution in [1.29, 1.82) is 0 Å². The average molecular weight is 199 g/mol. The zero-order valence-electron chi connectivity index (χ0n) is 7.65. The Morgan fingerprint density at radius 1 is 1.54 bits per heavy atom. The summed E-state index contributed by atoms with van der Waals surface area (Å²) in [5, 5.41) is 7.04. The number of aromatic nitrogens is 1. The van der Waals surface area contributed by atoms with Gasteiger partial charge in [0.1, 0.15) is 10.7 Å². The Morgan fingerprint density at radius 3 is 2.85 bits per heavy atom. The fourth-order valence-electron chi connectivity index (χ4n) is 0.799. The Labute approximate surface area is 82.4 Å². The van der Waals surface area contributed by atoms with Crippen molar-refractivity contribution in [3.63, 3.8) is 0 Å². The molecule has 1 N–H and O–H groups in total. The highest BCUT2D eigenvalue weighted by atomic mass is 35.5. The summed E-state index contributed by atoms with van der Waals surface area (Å²) in [7, 11) is 0. The number of halogens is 1. The molecular weight excluding hydrogens is 188 g/mol. The molecule has 0 aliphatic rings. The van der Waals surface area contributed by atoms with E-state index in [2.05, 4.69) is 22.4 Å². The van der Waals surface area contributed by atoms with Crippen LogP contribution in [0.4, 0.5) is 5.88 Å². The lowest BCUT2D eigenvalue weighted by Gasteiger charge is -1.89. The van der Waals surface area contributed by atoms with Gasteiger partial charge >= 0.3 is 0 Å². The van der Waals surface area contributed by atoms with Crippen molar-refractivity contribution < 1.29 is 4.52 Å². The summed E-state index contributed by atoms with van der Waals surface area (Å²) in [5.74, 6) is 3.27. The second kappa shape index (κ2) is 4.78. The maximum absolute atomic E-state index is 5.92. The molecular formula is C9H11ClN2O. The summed E-state index contributed by atoms with van der Waals surface area (Å²) in [5.41, 5.74) is 0.752. The summed E-state index contributed by atoms with van der Waals surface area (Å²) in [4.78, 5) is 0. The van der Waals surface area contributed by atoms with Gasteiger partial charge in [-0.25, -0.2) is 0 Å². The molecule has 0 saturated heterocycles. The number of hydrogen-bond acceptors (Lipinski definition) is 3. The molecule has 0 saturated carbocycles. The van der Waals surface area contributed by atoms with Gasteiger partial charge in [0.05, 0.1) is 0 Å². The normalized spacial score (nSPS) is 9.15. The quantitative estimate of drug-likeness (QED) is 0.587. The molecule has 1 aromatic heterocycles. The minimum Gasteiger partial charge on any atom is -0.336 e. The van der Waals surface area contributed by atoms with Crippen molar-refractivity contribution in [2.24, 2.45) is 0 Å². The van der Waals surface area contributed by atoms with E-state index >= 15 is 0 Å². The third-order valence-electron chi connectivity index (χ3n) is 1.48. The number of nitrogens with zero attached hydrogens (tertiary/aromatic N) is 1. The van der Waals surface area contributed by atoms with Crippen LogP contribution < -0.4 is 5.32 Å². The molecule has 1 rings (SSSR count). The molecule has 3 nitrogen and oxygen atoms in total. The SMILES string of the molecule is CCC#CNc1onc(CC)c1Cl. The van der Waals surface area contributed by atoms with E-state index in [0.29, 0.717) is 10.9 Å². The molecule has 0 bridgehead atoms. The maximum atomic E-state index is 5.92. The van der Waals surface area contributed by atoms with Crippen LogP contribution in [0.2, 0.25) is 5.02 Å². The van der Waals surface area contributed by atoms with Crippen molar-refractivity contribution >= 4 is 17.5 Å². The Bertz CT molecular complexity index is 335. The lowest BCUT2D eigenvalue weighted by atomic mass is 10.3. The van der Waals surface area contributed by atoms with Gasteiger partial charge in [-0.05, 0) is 6.42 Å².